The molecule has 0 saturated carbocycles. The van der Waals surface area contributed by atoms with Crippen LogP contribution >= 0.6 is 0 Å². The molecule has 1 N–H and O–H groups in total. The first-order valence-corrected chi connectivity index (χ1v) is 7.96. The van der Waals surface area contributed by atoms with Gasteiger partial charge < -0.3 is 9.84 Å². The highest BCUT2D eigenvalue weighted by molar-refractivity contribution is 5.20. The zero-order valence-electron chi connectivity index (χ0n) is 14.7. The number of aromatic nitrogens is 3. The van der Waals surface area contributed by atoms with Gasteiger partial charge in [0.2, 0.25) is 0 Å². The molecule has 3 rings (SSSR count). The Morgan fingerprint density at radius 2 is 2.17 bits per heavy atom. The highest BCUT2D eigenvalue weighted by Gasteiger charge is 2.30. The Bertz CT molecular complexity index is 530. The van der Waals surface area contributed by atoms with Gasteiger partial charge in [-0.05, 0) is 32.4 Å². The van der Waals surface area contributed by atoms with Gasteiger partial charge in [-0.2, -0.15) is 5.10 Å². The summed E-state index contributed by atoms with van der Waals surface area (Å²) in [6.45, 7) is 6.82. The summed E-state index contributed by atoms with van der Waals surface area (Å²) in [6.07, 6.45) is 6.80. The van der Waals surface area contributed by atoms with E-state index in [1.54, 1.807) is 17.9 Å². The predicted octanol–water partition coefficient (Wildman–Crippen LogP) is 2.99. The molecule has 5 nitrogen and oxygen atoms in total. The van der Waals surface area contributed by atoms with E-state index < -0.39 is 12.0 Å². The summed E-state index contributed by atoms with van der Waals surface area (Å²) in [7, 11) is 1.83. The second-order valence-electron chi connectivity index (χ2n) is 6.61. The van der Waals surface area contributed by atoms with E-state index in [-0.39, 0.29) is 18.1 Å². The molecule has 1 aromatic heterocycles. The lowest BCUT2D eigenvalue weighted by Crippen LogP contribution is -2.17. The highest BCUT2D eigenvalue weighted by Crippen LogP contribution is 2.28. The van der Waals surface area contributed by atoms with E-state index in [9.17, 15) is 8.78 Å². The van der Waals surface area contributed by atoms with Crippen molar-refractivity contribution >= 4 is 0 Å². The van der Waals surface area contributed by atoms with Crippen molar-refractivity contribution < 1.29 is 18.6 Å². The van der Waals surface area contributed by atoms with Crippen LogP contribution in [0.3, 0.4) is 0 Å². The van der Waals surface area contributed by atoms with Gasteiger partial charge in [0.25, 0.3) is 0 Å². The standard InChI is InChI=1S/C7H8F2.C7H14O2.C3H5N3/c1-5-2-3-6(8)4-7(5)9;1-7(2)3-6(4-8)5-9-7;1-6-3-4-2-5-6/h2-5,7H,1H3;6,8H,3-5H2,1-2H3;2-3H,1H3/t;6-;/m.1./s1. The van der Waals surface area contributed by atoms with Crippen molar-refractivity contribution in [1.82, 2.24) is 14.8 Å². The van der Waals surface area contributed by atoms with Crippen LogP contribution in [0.5, 0.6) is 0 Å². The molecule has 24 heavy (non-hydrogen) atoms. The van der Waals surface area contributed by atoms with E-state index in [1.807, 2.05) is 7.05 Å². The molecule has 2 heterocycles. The summed E-state index contributed by atoms with van der Waals surface area (Å²) in [5.41, 5.74) is 0.00734. The molecule has 3 atom stereocenters. The summed E-state index contributed by atoms with van der Waals surface area (Å²) in [6, 6.07) is 0. The fourth-order valence-electron chi connectivity index (χ4n) is 2.25. The smallest absolute Gasteiger partial charge is 0.137 e. The molecule has 136 valence electrons. The molecule has 0 aromatic carbocycles. The number of aryl methyl sites for hydroxylation is 1. The predicted molar refractivity (Wildman–Crippen MR) is 88.6 cm³/mol. The molecule has 0 spiro atoms. The van der Waals surface area contributed by atoms with Crippen molar-refractivity contribution in [3.05, 3.63) is 36.7 Å². The van der Waals surface area contributed by atoms with Crippen LogP contribution in [0.2, 0.25) is 0 Å². The van der Waals surface area contributed by atoms with Gasteiger partial charge in [-0.1, -0.05) is 13.0 Å². The third kappa shape index (κ3) is 7.79. The molecule has 0 amide bonds. The lowest BCUT2D eigenvalue weighted by Gasteiger charge is -2.15. The molecule has 1 fully saturated rings. The van der Waals surface area contributed by atoms with Gasteiger partial charge in [0.05, 0.1) is 12.2 Å². The van der Waals surface area contributed by atoms with E-state index in [1.165, 1.54) is 18.5 Å². The average Bonchev–Trinajstić information content (AvgIpc) is 3.13. The molecule has 7 heteroatoms. The Balaban J connectivity index is 0.000000184. The number of alkyl halides is 1. The van der Waals surface area contributed by atoms with E-state index in [0.29, 0.717) is 5.92 Å². The zero-order valence-corrected chi connectivity index (χ0v) is 14.7. The van der Waals surface area contributed by atoms with Crippen LogP contribution < -0.4 is 0 Å². The Morgan fingerprint density at radius 3 is 2.46 bits per heavy atom. The third-order valence-electron chi connectivity index (χ3n) is 3.66. The van der Waals surface area contributed by atoms with E-state index in [0.717, 1.165) is 19.1 Å². The largest absolute Gasteiger partial charge is 0.396 e. The first-order valence-electron chi connectivity index (χ1n) is 7.96. The molecular weight excluding hydrogens is 316 g/mol. The molecule has 1 aliphatic heterocycles. The number of rotatable bonds is 1. The molecule has 1 saturated heterocycles. The van der Waals surface area contributed by atoms with Crippen LogP contribution in [0.15, 0.2) is 36.7 Å². The summed E-state index contributed by atoms with van der Waals surface area (Å²) in [5, 5.41) is 12.4. The fourth-order valence-corrected chi connectivity index (χ4v) is 2.25. The van der Waals surface area contributed by atoms with Gasteiger partial charge in [0.1, 0.15) is 24.7 Å². The molecular formula is C17H27F2N3O2. The van der Waals surface area contributed by atoms with E-state index in [4.69, 9.17) is 9.84 Å². The fraction of sp³-hybridized carbons (Fsp3) is 0.647. The average molecular weight is 343 g/mol. The van der Waals surface area contributed by atoms with Crippen molar-refractivity contribution in [2.24, 2.45) is 18.9 Å². The van der Waals surface area contributed by atoms with Gasteiger partial charge in [0, 0.05) is 25.5 Å². The van der Waals surface area contributed by atoms with Crippen molar-refractivity contribution in [1.29, 1.82) is 0 Å². The van der Waals surface area contributed by atoms with Crippen LogP contribution in [0.25, 0.3) is 0 Å². The first-order chi connectivity index (χ1) is 11.2. The van der Waals surface area contributed by atoms with Crippen LogP contribution in [-0.4, -0.2) is 44.9 Å². The number of aliphatic hydroxyl groups excluding tert-OH is 1. The maximum absolute atomic E-state index is 12.5. The maximum Gasteiger partial charge on any atom is 0.137 e. The molecule has 1 aromatic rings. The van der Waals surface area contributed by atoms with Gasteiger partial charge in [-0.15, -0.1) is 0 Å². The van der Waals surface area contributed by atoms with Crippen molar-refractivity contribution in [2.45, 2.75) is 39.0 Å². The van der Waals surface area contributed by atoms with Crippen LogP contribution in [0.4, 0.5) is 8.78 Å². The lowest BCUT2D eigenvalue weighted by molar-refractivity contribution is 0.0338. The second kappa shape index (κ2) is 9.64. The number of hydrogen-bond donors (Lipinski definition) is 1. The van der Waals surface area contributed by atoms with E-state index in [2.05, 4.69) is 23.9 Å². The Hall–Kier alpha value is -1.60. The lowest BCUT2D eigenvalue weighted by atomic mass is 9.99. The topological polar surface area (TPSA) is 60.2 Å². The Morgan fingerprint density at radius 1 is 1.46 bits per heavy atom. The Labute approximate surface area is 142 Å². The number of nitrogens with zero attached hydrogens (tertiary/aromatic N) is 3. The van der Waals surface area contributed by atoms with E-state index >= 15 is 0 Å². The number of hydrogen-bond acceptors (Lipinski definition) is 4. The third-order valence-corrected chi connectivity index (χ3v) is 3.66. The highest BCUT2D eigenvalue weighted by atomic mass is 19.1. The normalized spacial score (nSPS) is 27.5. The summed E-state index contributed by atoms with van der Waals surface area (Å²) < 4.78 is 31.6. The summed E-state index contributed by atoms with van der Waals surface area (Å²) in [5.74, 6) is -0.273. The van der Waals surface area contributed by atoms with Gasteiger partial charge in [-0.3, -0.25) is 4.68 Å². The van der Waals surface area contributed by atoms with Gasteiger partial charge >= 0.3 is 0 Å². The van der Waals surface area contributed by atoms with Gasteiger partial charge in [-0.25, -0.2) is 13.8 Å². The zero-order chi connectivity index (χ0) is 18.2. The number of aliphatic hydroxyl groups is 1. The number of halogens is 2. The minimum atomic E-state index is -1.14. The number of ether oxygens (including phenoxy) is 1. The first kappa shape index (κ1) is 20.4. The molecule has 0 bridgehead atoms. The summed E-state index contributed by atoms with van der Waals surface area (Å²) in [4.78, 5) is 3.67. The molecule has 2 unspecified atom stereocenters. The SMILES string of the molecule is CC1(C)C[C@H](CO)CO1.CC1C=CC(F)=CC1F.Cn1cncn1. The van der Waals surface area contributed by atoms with Gasteiger partial charge in [0.15, 0.2) is 0 Å². The molecule has 0 radical (unpaired) electrons. The van der Waals surface area contributed by atoms with Crippen molar-refractivity contribution in [2.75, 3.05) is 13.2 Å². The minimum Gasteiger partial charge on any atom is -0.396 e. The van der Waals surface area contributed by atoms with Crippen LogP contribution in [0, 0.1) is 11.8 Å². The second-order valence-corrected chi connectivity index (χ2v) is 6.61. The van der Waals surface area contributed by atoms with Crippen molar-refractivity contribution in [3.8, 4) is 0 Å². The monoisotopic (exact) mass is 343 g/mol. The van der Waals surface area contributed by atoms with Crippen LogP contribution in [0.1, 0.15) is 27.2 Å². The van der Waals surface area contributed by atoms with Crippen LogP contribution in [-0.2, 0) is 11.8 Å². The van der Waals surface area contributed by atoms with Crippen molar-refractivity contribution in [3.63, 3.8) is 0 Å². The minimum absolute atomic E-state index is 0.00734. The molecule has 2 aliphatic rings. The molecule has 1 aliphatic carbocycles. The maximum atomic E-state index is 12.5. The Kier molecular flexibility index (Phi) is 8.21. The summed E-state index contributed by atoms with van der Waals surface area (Å²) >= 11 is 0. The number of allylic oxidation sites excluding steroid dienone is 4. The quantitative estimate of drug-likeness (QED) is 0.852.